The smallest absolute Gasteiger partial charge is 0.203 e. The van der Waals surface area contributed by atoms with E-state index in [9.17, 15) is 4.79 Å². The van der Waals surface area contributed by atoms with Gasteiger partial charge in [-0.15, -0.1) is 0 Å². The third-order valence-electron chi connectivity index (χ3n) is 3.74. The van der Waals surface area contributed by atoms with Gasteiger partial charge in [-0.3, -0.25) is 4.79 Å². The molecule has 2 nitrogen and oxygen atoms in total. The average Bonchev–Trinajstić information content (AvgIpc) is 2.77. The molecule has 0 saturated heterocycles. The maximum atomic E-state index is 12.4. The Bertz CT molecular complexity index is 370. The number of hydrogen-bond acceptors (Lipinski definition) is 2. The van der Waals surface area contributed by atoms with Gasteiger partial charge in [-0.1, -0.05) is 33.1 Å². The lowest BCUT2D eigenvalue weighted by Crippen LogP contribution is -2.30. The van der Waals surface area contributed by atoms with Crippen LogP contribution >= 0.6 is 0 Å². The van der Waals surface area contributed by atoms with E-state index in [1.807, 2.05) is 19.1 Å². The summed E-state index contributed by atoms with van der Waals surface area (Å²) in [5.74, 6) is 1.66. The molecule has 2 rings (SSSR count). The molecule has 0 aliphatic heterocycles. The lowest BCUT2D eigenvalue weighted by Gasteiger charge is -2.31. The minimum atomic E-state index is -0.179. The van der Waals surface area contributed by atoms with Crippen LogP contribution in [-0.4, -0.2) is 5.78 Å². The maximum Gasteiger partial charge on any atom is 0.203 e. The highest BCUT2D eigenvalue weighted by molar-refractivity contribution is 5.98. The van der Waals surface area contributed by atoms with Gasteiger partial charge in [0.2, 0.25) is 5.78 Å². The van der Waals surface area contributed by atoms with E-state index >= 15 is 0 Å². The molecule has 88 valence electrons. The van der Waals surface area contributed by atoms with Gasteiger partial charge in [-0.2, -0.15) is 0 Å². The summed E-state index contributed by atoms with van der Waals surface area (Å²) in [4.78, 5) is 12.4. The van der Waals surface area contributed by atoms with Crippen molar-refractivity contribution in [3.05, 3.63) is 23.7 Å². The van der Waals surface area contributed by atoms with Gasteiger partial charge in [0, 0.05) is 11.8 Å². The number of carbonyl (C=O) groups excluding carboxylic acids is 1. The van der Waals surface area contributed by atoms with Crippen LogP contribution in [-0.2, 0) is 6.42 Å². The monoisotopic (exact) mass is 220 g/mol. The van der Waals surface area contributed by atoms with Crippen molar-refractivity contribution in [3.8, 4) is 0 Å². The molecule has 0 bridgehead atoms. The fraction of sp³-hybridized carbons (Fsp3) is 0.643. The molecule has 0 N–H and O–H groups in total. The highest BCUT2D eigenvalue weighted by Gasteiger charge is 2.36. The van der Waals surface area contributed by atoms with Gasteiger partial charge in [0.15, 0.2) is 5.76 Å². The summed E-state index contributed by atoms with van der Waals surface area (Å²) in [5, 5.41) is 0. The standard InChI is InChI=1S/C14H20O2/c1-3-11-7-8-12(16-11)13(15)14(2)9-5-4-6-10-14/h7-8H,3-6,9-10H2,1-2H3. The number of ketones is 1. The van der Waals surface area contributed by atoms with Crippen LogP contribution in [0.4, 0.5) is 0 Å². The number of carbonyl (C=O) groups is 1. The molecule has 16 heavy (non-hydrogen) atoms. The highest BCUT2D eigenvalue weighted by atomic mass is 16.3. The van der Waals surface area contributed by atoms with E-state index in [0.29, 0.717) is 5.76 Å². The zero-order valence-corrected chi connectivity index (χ0v) is 10.2. The van der Waals surface area contributed by atoms with Crippen LogP contribution in [0.25, 0.3) is 0 Å². The average molecular weight is 220 g/mol. The summed E-state index contributed by atoms with van der Waals surface area (Å²) < 4.78 is 5.56. The first kappa shape index (κ1) is 11.4. The van der Waals surface area contributed by atoms with Gasteiger partial charge in [0.05, 0.1) is 0 Å². The second kappa shape index (κ2) is 4.44. The van der Waals surface area contributed by atoms with Gasteiger partial charge in [0.25, 0.3) is 0 Å². The van der Waals surface area contributed by atoms with E-state index in [0.717, 1.165) is 25.0 Å². The molecule has 0 unspecified atom stereocenters. The third kappa shape index (κ3) is 2.06. The highest BCUT2D eigenvalue weighted by Crippen LogP contribution is 2.38. The van der Waals surface area contributed by atoms with Gasteiger partial charge >= 0.3 is 0 Å². The van der Waals surface area contributed by atoms with Crippen molar-refractivity contribution in [3.63, 3.8) is 0 Å². The Balaban J connectivity index is 2.17. The molecule has 0 amide bonds. The van der Waals surface area contributed by atoms with E-state index in [2.05, 4.69) is 6.92 Å². The molecule has 0 aromatic carbocycles. The Labute approximate surface area is 97.0 Å². The van der Waals surface area contributed by atoms with Crippen LogP contribution in [0.2, 0.25) is 0 Å². The fourth-order valence-corrected chi connectivity index (χ4v) is 2.55. The Morgan fingerprint density at radius 1 is 1.31 bits per heavy atom. The number of rotatable bonds is 3. The quantitative estimate of drug-likeness (QED) is 0.721. The van der Waals surface area contributed by atoms with Crippen LogP contribution in [0.1, 0.15) is 62.3 Å². The Kier molecular flexibility index (Phi) is 3.17. The summed E-state index contributed by atoms with van der Waals surface area (Å²) in [5.41, 5.74) is -0.179. The summed E-state index contributed by atoms with van der Waals surface area (Å²) in [6.45, 7) is 4.12. The van der Waals surface area contributed by atoms with Gasteiger partial charge < -0.3 is 4.42 Å². The van der Waals surface area contributed by atoms with E-state index in [1.165, 1.54) is 19.3 Å². The molecule has 1 aliphatic rings. The van der Waals surface area contributed by atoms with Crippen molar-refractivity contribution in [1.82, 2.24) is 0 Å². The lowest BCUT2D eigenvalue weighted by molar-refractivity contribution is 0.0717. The molecule has 0 radical (unpaired) electrons. The predicted molar refractivity (Wildman–Crippen MR) is 63.6 cm³/mol. The van der Waals surface area contributed by atoms with Gasteiger partial charge in [0.1, 0.15) is 5.76 Å². The molecule has 1 aliphatic carbocycles. The number of furan rings is 1. The summed E-state index contributed by atoms with van der Waals surface area (Å²) >= 11 is 0. The van der Waals surface area contributed by atoms with E-state index in [4.69, 9.17) is 4.42 Å². The van der Waals surface area contributed by atoms with E-state index in [1.54, 1.807) is 0 Å². The second-order valence-corrected chi connectivity index (χ2v) is 5.07. The zero-order chi connectivity index (χ0) is 11.6. The first-order valence-electron chi connectivity index (χ1n) is 6.29. The van der Waals surface area contributed by atoms with Crippen LogP contribution in [0, 0.1) is 5.41 Å². The molecule has 1 heterocycles. The molecule has 1 aromatic rings. The Morgan fingerprint density at radius 3 is 2.56 bits per heavy atom. The largest absolute Gasteiger partial charge is 0.458 e. The number of aryl methyl sites for hydroxylation is 1. The number of Topliss-reactive ketones (excluding diaryl/α,β-unsaturated/α-hetero) is 1. The molecule has 0 atom stereocenters. The maximum absolute atomic E-state index is 12.4. The molecule has 1 saturated carbocycles. The lowest BCUT2D eigenvalue weighted by atomic mass is 9.72. The molecule has 0 spiro atoms. The minimum absolute atomic E-state index is 0.179. The summed E-state index contributed by atoms with van der Waals surface area (Å²) in [6.07, 6.45) is 6.47. The summed E-state index contributed by atoms with van der Waals surface area (Å²) in [7, 11) is 0. The first-order valence-corrected chi connectivity index (χ1v) is 6.29. The van der Waals surface area contributed by atoms with Crippen molar-refractivity contribution in [2.75, 3.05) is 0 Å². The molecule has 2 heteroatoms. The van der Waals surface area contributed by atoms with Crippen molar-refractivity contribution in [2.24, 2.45) is 5.41 Å². The molecular weight excluding hydrogens is 200 g/mol. The van der Waals surface area contributed by atoms with Crippen LogP contribution < -0.4 is 0 Å². The van der Waals surface area contributed by atoms with Gasteiger partial charge in [-0.05, 0) is 25.0 Å². The minimum Gasteiger partial charge on any atom is -0.458 e. The first-order chi connectivity index (χ1) is 7.65. The molecule has 1 aromatic heterocycles. The van der Waals surface area contributed by atoms with Crippen LogP contribution in [0.15, 0.2) is 16.5 Å². The molecular formula is C14H20O2. The van der Waals surface area contributed by atoms with Crippen molar-refractivity contribution in [2.45, 2.75) is 52.4 Å². The summed E-state index contributed by atoms with van der Waals surface area (Å²) in [6, 6.07) is 3.75. The zero-order valence-electron chi connectivity index (χ0n) is 10.2. The van der Waals surface area contributed by atoms with Crippen molar-refractivity contribution in [1.29, 1.82) is 0 Å². The van der Waals surface area contributed by atoms with E-state index in [-0.39, 0.29) is 11.2 Å². The fourth-order valence-electron chi connectivity index (χ4n) is 2.55. The second-order valence-electron chi connectivity index (χ2n) is 5.07. The van der Waals surface area contributed by atoms with Crippen LogP contribution in [0.5, 0.6) is 0 Å². The van der Waals surface area contributed by atoms with Crippen molar-refractivity contribution >= 4 is 5.78 Å². The Hall–Kier alpha value is -1.05. The SMILES string of the molecule is CCc1ccc(C(=O)C2(C)CCCCC2)o1. The number of hydrogen-bond donors (Lipinski definition) is 0. The topological polar surface area (TPSA) is 30.2 Å². The van der Waals surface area contributed by atoms with Crippen LogP contribution in [0.3, 0.4) is 0 Å². The van der Waals surface area contributed by atoms with Crippen molar-refractivity contribution < 1.29 is 9.21 Å². The predicted octanol–water partition coefficient (Wildman–Crippen LogP) is 4.00. The molecule has 1 fully saturated rings. The normalized spacial score (nSPS) is 19.6. The Morgan fingerprint density at radius 2 is 2.00 bits per heavy atom. The van der Waals surface area contributed by atoms with Gasteiger partial charge in [-0.25, -0.2) is 0 Å². The third-order valence-corrected chi connectivity index (χ3v) is 3.74. The van der Waals surface area contributed by atoms with E-state index < -0.39 is 0 Å².